The summed E-state index contributed by atoms with van der Waals surface area (Å²) in [5, 5.41) is 14.6. The van der Waals surface area contributed by atoms with Gasteiger partial charge in [-0.1, -0.05) is 6.07 Å². The number of amides is 2. The molecule has 0 spiro atoms. The normalized spacial score (nSPS) is 22.9. The molecule has 0 bridgehead atoms. The summed E-state index contributed by atoms with van der Waals surface area (Å²) in [6, 6.07) is 6.86. The highest BCUT2D eigenvalue weighted by atomic mass is 16.5. The molecule has 8 heteroatoms. The topological polar surface area (TPSA) is 93.7 Å². The van der Waals surface area contributed by atoms with Crippen molar-refractivity contribution in [1.82, 2.24) is 25.1 Å². The molecule has 2 saturated heterocycles. The number of aromatic nitrogens is 2. The summed E-state index contributed by atoms with van der Waals surface area (Å²) in [5.74, 6) is 0. The molecule has 2 fully saturated rings. The van der Waals surface area contributed by atoms with Crippen molar-refractivity contribution in [2.75, 3.05) is 39.4 Å². The van der Waals surface area contributed by atoms with Gasteiger partial charge in [-0.15, -0.1) is 0 Å². The number of aliphatic hydroxyl groups excluding tert-OH is 1. The minimum Gasteiger partial charge on any atom is -0.391 e. The first-order chi connectivity index (χ1) is 16.6. The van der Waals surface area contributed by atoms with Crippen LogP contribution in [-0.2, 0) is 17.7 Å². The molecule has 1 aromatic carbocycles. The summed E-state index contributed by atoms with van der Waals surface area (Å²) in [7, 11) is 0. The summed E-state index contributed by atoms with van der Waals surface area (Å²) in [5.41, 5.74) is 8.06. The number of morpholine rings is 1. The number of aromatic amines is 1. The Bertz CT molecular complexity index is 1230. The number of aryl methyl sites for hydroxylation is 1. The number of hydrogen-bond donors (Lipinski definition) is 3. The number of urea groups is 1. The van der Waals surface area contributed by atoms with Crippen LogP contribution in [0.3, 0.4) is 0 Å². The van der Waals surface area contributed by atoms with Crippen LogP contribution >= 0.6 is 0 Å². The molecule has 3 N–H and O–H groups in total. The SMILES string of the molecule is Cc1c[nH]c2ncc(-c3cc4c(c([C@@H]5COCCN5)c3)CN(C(=O)N3CCC(O)C3)CC4)cc12. The van der Waals surface area contributed by atoms with Gasteiger partial charge in [0, 0.05) is 56.1 Å². The van der Waals surface area contributed by atoms with Crippen LogP contribution in [0.2, 0.25) is 0 Å². The van der Waals surface area contributed by atoms with Gasteiger partial charge in [-0.05, 0) is 59.7 Å². The average Bonchev–Trinajstić information content (AvgIpc) is 3.48. The van der Waals surface area contributed by atoms with E-state index in [0.29, 0.717) is 45.8 Å². The number of pyridine rings is 1. The Morgan fingerprint density at radius 2 is 2.12 bits per heavy atom. The van der Waals surface area contributed by atoms with Crippen molar-refractivity contribution in [2.45, 2.75) is 38.5 Å². The molecule has 2 aromatic heterocycles. The van der Waals surface area contributed by atoms with Crippen molar-refractivity contribution in [1.29, 1.82) is 0 Å². The standard InChI is InChI=1S/C26H31N5O3/c1-16-11-28-25-21(16)10-19(12-29-25)18-8-17-2-5-31(26(33)30-6-3-20(32)13-30)14-23(17)22(9-18)24-15-34-7-4-27-24/h8-12,20,24,27,32H,2-7,13-15H2,1H3,(H,28,29)/t20?,24-/m0/s1. The first-order valence-corrected chi connectivity index (χ1v) is 12.2. The Morgan fingerprint density at radius 3 is 2.91 bits per heavy atom. The Kier molecular flexibility index (Phi) is 5.51. The lowest BCUT2D eigenvalue weighted by Crippen LogP contribution is -2.45. The van der Waals surface area contributed by atoms with Crippen LogP contribution in [-0.4, -0.2) is 76.4 Å². The predicted octanol–water partition coefficient (Wildman–Crippen LogP) is 2.74. The van der Waals surface area contributed by atoms with E-state index in [1.165, 1.54) is 22.3 Å². The lowest BCUT2D eigenvalue weighted by atomic mass is 9.87. The number of fused-ring (bicyclic) bond motifs is 2. The first kappa shape index (κ1) is 21.6. The maximum Gasteiger partial charge on any atom is 0.320 e. The number of likely N-dealkylation sites (tertiary alicyclic amines) is 1. The van der Waals surface area contributed by atoms with Gasteiger partial charge in [-0.2, -0.15) is 0 Å². The second-order valence-electron chi connectivity index (χ2n) is 9.72. The molecule has 3 aliphatic rings. The molecule has 0 radical (unpaired) electrons. The fourth-order valence-electron chi connectivity index (χ4n) is 5.51. The number of H-pyrrole nitrogens is 1. The number of nitrogens with one attached hydrogen (secondary N) is 2. The third kappa shape index (κ3) is 3.85. The third-order valence-electron chi connectivity index (χ3n) is 7.45. The van der Waals surface area contributed by atoms with E-state index in [4.69, 9.17) is 4.74 Å². The molecule has 0 aliphatic carbocycles. The molecular weight excluding hydrogens is 430 g/mol. The van der Waals surface area contributed by atoms with Crippen molar-refractivity contribution in [3.05, 3.63) is 52.8 Å². The van der Waals surface area contributed by atoms with Crippen LogP contribution in [0, 0.1) is 6.92 Å². The largest absolute Gasteiger partial charge is 0.391 e. The molecule has 3 aromatic rings. The van der Waals surface area contributed by atoms with Crippen molar-refractivity contribution in [2.24, 2.45) is 0 Å². The van der Waals surface area contributed by atoms with Crippen LogP contribution < -0.4 is 5.32 Å². The smallest absolute Gasteiger partial charge is 0.320 e. The van der Waals surface area contributed by atoms with Gasteiger partial charge in [0.2, 0.25) is 0 Å². The number of rotatable bonds is 2. The van der Waals surface area contributed by atoms with Crippen molar-refractivity contribution < 1.29 is 14.6 Å². The fourth-order valence-corrected chi connectivity index (χ4v) is 5.51. The van der Waals surface area contributed by atoms with Gasteiger partial charge in [0.1, 0.15) is 5.65 Å². The molecule has 2 amide bonds. The number of ether oxygens (including phenoxy) is 1. The van der Waals surface area contributed by atoms with Crippen molar-refractivity contribution in [3.8, 4) is 11.1 Å². The van der Waals surface area contributed by atoms with Gasteiger partial charge in [-0.3, -0.25) is 0 Å². The fraction of sp³-hybridized carbons (Fsp3) is 0.462. The van der Waals surface area contributed by atoms with Crippen LogP contribution in [0.25, 0.3) is 22.2 Å². The zero-order valence-corrected chi connectivity index (χ0v) is 19.5. The minimum absolute atomic E-state index is 0.0302. The van der Waals surface area contributed by atoms with E-state index in [0.717, 1.165) is 35.1 Å². The van der Waals surface area contributed by atoms with E-state index in [2.05, 4.69) is 40.4 Å². The van der Waals surface area contributed by atoms with Gasteiger partial charge >= 0.3 is 6.03 Å². The number of nitrogens with zero attached hydrogens (tertiary/aromatic N) is 3. The Morgan fingerprint density at radius 1 is 1.21 bits per heavy atom. The maximum atomic E-state index is 13.2. The van der Waals surface area contributed by atoms with Crippen molar-refractivity contribution >= 4 is 17.1 Å². The number of benzene rings is 1. The van der Waals surface area contributed by atoms with E-state index in [1.54, 1.807) is 4.90 Å². The quantitative estimate of drug-likeness (QED) is 0.546. The zero-order chi connectivity index (χ0) is 23.2. The molecule has 2 atom stereocenters. The predicted molar refractivity (Wildman–Crippen MR) is 130 cm³/mol. The summed E-state index contributed by atoms with van der Waals surface area (Å²) in [6.45, 7) is 6.57. The van der Waals surface area contributed by atoms with E-state index in [-0.39, 0.29) is 12.1 Å². The van der Waals surface area contributed by atoms with Gasteiger partial charge in [0.25, 0.3) is 0 Å². The van der Waals surface area contributed by atoms with E-state index < -0.39 is 6.10 Å². The summed E-state index contributed by atoms with van der Waals surface area (Å²) < 4.78 is 5.81. The Hall–Kier alpha value is -2.94. The first-order valence-electron chi connectivity index (χ1n) is 12.2. The lowest BCUT2D eigenvalue weighted by molar-refractivity contribution is 0.0762. The van der Waals surface area contributed by atoms with Crippen LogP contribution in [0.5, 0.6) is 0 Å². The van der Waals surface area contributed by atoms with E-state index in [9.17, 15) is 9.90 Å². The second-order valence-corrected chi connectivity index (χ2v) is 9.72. The molecule has 34 heavy (non-hydrogen) atoms. The number of carbonyl (C=O) groups is 1. The molecule has 0 saturated carbocycles. The highest BCUT2D eigenvalue weighted by Gasteiger charge is 2.32. The number of hydrogen-bond acceptors (Lipinski definition) is 5. The third-order valence-corrected chi connectivity index (χ3v) is 7.45. The molecule has 3 aliphatic heterocycles. The number of aliphatic hydroxyl groups is 1. The van der Waals surface area contributed by atoms with Crippen molar-refractivity contribution in [3.63, 3.8) is 0 Å². The van der Waals surface area contributed by atoms with Gasteiger partial charge in [0.05, 0.1) is 25.4 Å². The summed E-state index contributed by atoms with van der Waals surface area (Å²) in [4.78, 5) is 24.7. The lowest BCUT2D eigenvalue weighted by Gasteiger charge is -2.35. The highest BCUT2D eigenvalue weighted by Crippen LogP contribution is 2.35. The van der Waals surface area contributed by atoms with Gasteiger partial charge in [-0.25, -0.2) is 9.78 Å². The second kappa shape index (κ2) is 8.69. The monoisotopic (exact) mass is 461 g/mol. The Balaban J connectivity index is 1.37. The van der Waals surface area contributed by atoms with Crippen LogP contribution in [0.15, 0.2) is 30.6 Å². The zero-order valence-electron chi connectivity index (χ0n) is 19.5. The molecule has 6 rings (SSSR count). The number of carbonyl (C=O) groups excluding carboxylic acids is 1. The Labute approximate surface area is 198 Å². The summed E-state index contributed by atoms with van der Waals surface area (Å²) >= 11 is 0. The highest BCUT2D eigenvalue weighted by molar-refractivity contribution is 5.84. The molecule has 8 nitrogen and oxygen atoms in total. The van der Waals surface area contributed by atoms with E-state index in [1.807, 2.05) is 17.3 Å². The molecule has 5 heterocycles. The number of β-amino-alcohol motifs (C(OH)–C–C–N with tert-alkyl or cyclic N) is 1. The van der Waals surface area contributed by atoms with Crippen LogP contribution in [0.4, 0.5) is 4.79 Å². The van der Waals surface area contributed by atoms with Crippen LogP contribution in [0.1, 0.15) is 34.7 Å². The van der Waals surface area contributed by atoms with E-state index >= 15 is 0 Å². The minimum atomic E-state index is -0.405. The summed E-state index contributed by atoms with van der Waals surface area (Å²) in [6.07, 6.45) is 5.00. The average molecular weight is 462 g/mol. The molecule has 1 unspecified atom stereocenters. The maximum absolute atomic E-state index is 13.2. The molecule has 178 valence electrons. The van der Waals surface area contributed by atoms with Gasteiger partial charge in [0.15, 0.2) is 0 Å². The molecular formula is C26H31N5O3. The van der Waals surface area contributed by atoms with Gasteiger partial charge < -0.3 is 29.9 Å².